The Hall–Kier alpha value is -3.37. The van der Waals surface area contributed by atoms with Crippen LogP contribution in [0.5, 0.6) is 0 Å². The van der Waals surface area contributed by atoms with Crippen molar-refractivity contribution in [1.29, 1.82) is 0 Å². The molecule has 0 atom stereocenters. The van der Waals surface area contributed by atoms with E-state index in [-0.39, 0.29) is 5.91 Å². The number of nitrogens with zero attached hydrogens (tertiary/aromatic N) is 5. The van der Waals surface area contributed by atoms with Gasteiger partial charge in [-0.05, 0) is 81.0 Å². The van der Waals surface area contributed by atoms with Gasteiger partial charge in [-0.1, -0.05) is 6.42 Å². The van der Waals surface area contributed by atoms with E-state index in [4.69, 9.17) is 4.98 Å². The number of fused-ring (bicyclic) bond motifs is 1. The van der Waals surface area contributed by atoms with Crippen molar-refractivity contribution in [2.45, 2.75) is 36.2 Å². The minimum Gasteiger partial charge on any atom is -0.325 e. The summed E-state index contributed by atoms with van der Waals surface area (Å²) in [4.78, 5) is 20.2. The highest BCUT2D eigenvalue weighted by atomic mass is 32.2. The first-order chi connectivity index (χ1) is 16.1. The molecular formula is C23H26N8OS. The number of rotatable bonds is 7. The Balaban J connectivity index is 1.26. The zero-order valence-corrected chi connectivity index (χ0v) is 19.2. The molecule has 0 bridgehead atoms. The van der Waals surface area contributed by atoms with E-state index in [1.807, 2.05) is 55.6 Å². The van der Waals surface area contributed by atoms with Gasteiger partial charge in [-0.15, -0.1) is 5.10 Å². The van der Waals surface area contributed by atoms with E-state index in [1.165, 1.54) is 31.0 Å². The first-order valence-corrected chi connectivity index (χ1v) is 11.9. The van der Waals surface area contributed by atoms with Crippen LogP contribution in [0.2, 0.25) is 0 Å². The minimum atomic E-state index is 0.0306. The van der Waals surface area contributed by atoms with E-state index < -0.39 is 0 Å². The van der Waals surface area contributed by atoms with E-state index in [2.05, 4.69) is 30.8 Å². The number of hydrogen-bond donors (Lipinski definition) is 3. The molecule has 1 amide bonds. The van der Waals surface area contributed by atoms with E-state index in [0.29, 0.717) is 23.3 Å². The maximum Gasteiger partial charge on any atom is 0.238 e. The number of H-pyrrole nitrogens is 1. The van der Waals surface area contributed by atoms with Crippen molar-refractivity contribution in [1.82, 2.24) is 29.7 Å². The molecule has 1 fully saturated rings. The maximum absolute atomic E-state index is 12.3. The second kappa shape index (κ2) is 9.63. The molecular weight excluding hydrogens is 436 g/mol. The maximum atomic E-state index is 12.3. The van der Waals surface area contributed by atoms with E-state index in [0.717, 1.165) is 34.9 Å². The SMILES string of the molecule is Cc1cc(Nc2nc(Sc3ccc(NC(=O)CN4CCCCC4)cc3)nn3cccc23)n[nH]1. The van der Waals surface area contributed by atoms with Gasteiger partial charge in [-0.25, -0.2) is 9.50 Å². The third-order valence-electron chi connectivity index (χ3n) is 5.49. The molecule has 9 nitrogen and oxygen atoms in total. The lowest BCUT2D eigenvalue weighted by atomic mass is 10.1. The smallest absolute Gasteiger partial charge is 0.238 e. The monoisotopic (exact) mass is 462 g/mol. The van der Waals surface area contributed by atoms with Crippen LogP contribution in [0.25, 0.3) is 5.52 Å². The van der Waals surface area contributed by atoms with Crippen LogP contribution >= 0.6 is 11.8 Å². The predicted molar refractivity (Wildman–Crippen MR) is 129 cm³/mol. The zero-order chi connectivity index (χ0) is 22.6. The fourth-order valence-electron chi connectivity index (χ4n) is 3.89. The number of benzene rings is 1. The molecule has 3 N–H and O–H groups in total. The summed E-state index contributed by atoms with van der Waals surface area (Å²) in [7, 11) is 0. The second-order valence-corrected chi connectivity index (χ2v) is 9.19. The van der Waals surface area contributed by atoms with Crippen molar-refractivity contribution < 1.29 is 4.79 Å². The molecule has 4 heterocycles. The van der Waals surface area contributed by atoms with Crippen molar-refractivity contribution in [3.63, 3.8) is 0 Å². The van der Waals surface area contributed by atoms with Crippen molar-refractivity contribution in [2.24, 2.45) is 0 Å². The molecule has 1 aromatic carbocycles. The second-order valence-electron chi connectivity index (χ2n) is 8.15. The van der Waals surface area contributed by atoms with Crippen molar-refractivity contribution in [2.75, 3.05) is 30.3 Å². The highest BCUT2D eigenvalue weighted by Gasteiger charge is 2.14. The highest BCUT2D eigenvalue weighted by Crippen LogP contribution is 2.28. The number of aromatic nitrogens is 5. The Labute approximate surface area is 196 Å². The largest absolute Gasteiger partial charge is 0.325 e. The normalized spacial score (nSPS) is 14.5. The van der Waals surface area contributed by atoms with Gasteiger partial charge in [0.05, 0.1) is 6.54 Å². The lowest BCUT2D eigenvalue weighted by Gasteiger charge is -2.25. The molecule has 4 aromatic rings. The number of likely N-dealkylation sites (tertiary alicyclic amines) is 1. The van der Waals surface area contributed by atoms with Crippen LogP contribution in [0.4, 0.5) is 17.3 Å². The van der Waals surface area contributed by atoms with Gasteiger partial charge in [0, 0.05) is 28.5 Å². The summed E-state index contributed by atoms with van der Waals surface area (Å²) in [5, 5.41) is 18.6. The molecule has 0 aliphatic carbocycles. The summed E-state index contributed by atoms with van der Waals surface area (Å²) in [5.41, 5.74) is 2.63. The van der Waals surface area contributed by atoms with Crippen LogP contribution in [0, 0.1) is 6.92 Å². The lowest BCUT2D eigenvalue weighted by Crippen LogP contribution is -2.36. The molecule has 0 saturated carbocycles. The topological polar surface area (TPSA) is 103 Å². The summed E-state index contributed by atoms with van der Waals surface area (Å²) in [6, 6.07) is 13.6. The molecule has 1 saturated heterocycles. The number of piperidine rings is 1. The Kier molecular flexibility index (Phi) is 6.27. The van der Waals surface area contributed by atoms with Gasteiger partial charge in [0.2, 0.25) is 11.1 Å². The Morgan fingerprint density at radius 3 is 2.73 bits per heavy atom. The van der Waals surface area contributed by atoms with Gasteiger partial charge in [0.25, 0.3) is 0 Å². The summed E-state index contributed by atoms with van der Waals surface area (Å²) >= 11 is 1.46. The number of anilines is 3. The van der Waals surface area contributed by atoms with Gasteiger partial charge in [-0.3, -0.25) is 14.8 Å². The molecule has 0 radical (unpaired) electrons. The van der Waals surface area contributed by atoms with E-state index in [9.17, 15) is 4.79 Å². The molecule has 33 heavy (non-hydrogen) atoms. The fraction of sp³-hybridized carbons (Fsp3) is 0.304. The average Bonchev–Trinajstić information content (AvgIpc) is 3.44. The molecule has 0 spiro atoms. The molecule has 10 heteroatoms. The van der Waals surface area contributed by atoms with Gasteiger partial charge < -0.3 is 10.6 Å². The number of aromatic amines is 1. The standard InChI is InChI=1S/C23H26N8OS/c1-16-14-20(28-27-16)25-22-19-6-5-13-31(19)29-23(26-22)33-18-9-7-17(8-10-18)24-21(32)15-30-11-3-2-4-12-30/h5-10,13-14H,2-4,11-12,15H2,1H3,(H,24,32)(H2,25,26,27,28,29). The van der Waals surface area contributed by atoms with Gasteiger partial charge in [0.15, 0.2) is 11.6 Å². The first-order valence-electron chi connectivity index (χ1n) is 11.1. The average molecular weight is 463 g/mol. The van der Waals surface area contributed by atoms with Crippen LogP contribution in [-0.2, 0) is 4.79 Å². The van der Waals surface area contributed by atoms with E-state index >= 15 is 0 Å². The molecule has 5 rings (SSSR count). The van der Waals surface area contributed by atoms with Crippen molar-refractivity contribution in [3.8, 4) is 0 Å². The number of carbonyl (C=O) groups excluding carboxylic acids is 1. The lowest BCUT2D eigenvalue weighted by molar-refractivity contribution is -0.117. The van der Waals surface area contributed by atoms with Crippen LogP contribution in [0.1, 0.15) is 25.0 Å². The third kappa shape index (κ3) is 5.35. The molecule has 1 aliphatic rings. The predicted octanol–water partition coefficient (Wildman–Crippen LogP) is 4.08. The summed E-state index contributed by atoms with van der Waals surface area (Å²) in [6.45, 7) is 4.41. The van der Waals surface area contributed by atoms with Crippen molar-refractivity contribution >= 4 is 40.5 Å². The van der Waals surface area contributed by atoms with Crippen LogP contribution in [0.3, 0.4) is 0 Å². The Bertz CT molecular complexity index is 1240. The van der Waals surface area contributed by atoms with Crippen molar-refractivity contribution in [3.05, 3.63) is 54.4 Å². The summed E-state index contributed by atoms with van der Waals surface area (Å²) in [5.74, 6) is 1.42. The number of amides is 1. The summed E-state index contributed by atoms with van der Waals surface area (Å²) in [6.07, 6.45) is 5.50. The minimum absolute atomic E-state index is 0.0306. The molecule has 3 aromatic heterocycles. The van der Waals surface area contributed by atoms with Crippen LogP contribution in [0.15, 0.2) is 58.7 Å². The molecule has 170 valence electrons. The Morgan fingerprint density at radius 2 is 1.97 bits per heavy atom. The number of aryl methyl sites for hydroxylation is 1. The molecule has 1 aliphatic heterocycles. The number of nitrogens with one attached hydrogen (secondary N) is 3. The number of hydrogen-bond acceptors (Lipinski definition) is 7. The highest BCUT2D eigenvalue weighted by molar-refractivity contribution is 7.99. The summed E-state index contributed by atoms with van der Waals surface area (Å²) < 4.78 is 1.80. The van der Waals surface area contributed by atoms with Gasteiger partial charge in [0.1, 0.15) is 5.52 Å². The molecule has 0 unspecified atom stereocenters. The van der Waals surface area contributed by atoms with Crippen LogP contribution in [-0.4, -0.2) is 55.2 Å². The zero-order valence-electron chi connectivity index (χ0n) is 18.4. The fourth-order valence-corrected chi connectivity index (χ4v) is 4.63. The van der Waals surface area contributed by atoms with Gasteiger partial charge in [-0.2, -0.15) is 5.10 Å². The third-order valence-corrected chi connectivity index (χ3v) is 6.35. The van der Waals surface area contributed by atoms with Crippen LogP contribution < -0.4 is 10.6 Å². The first kappa shape index (κ1) is 21.5. The Morgan fingerprint density at radius 1 is 1.15 bits per heavy atom. The van der Waals surface area contributed by atoms with Gasteiger partial charge >= 0.3 is 0 Å². The quantitative estimate of drug-likeness (QED) is 0.380. The number of carbonyl (C=O) groups is 1. The van der Waals surface area contributed by atoms with E-state index in [1.54, 1.807) is 4.52 Å².